The Morgan fingerprint density at radius 2 is 2.10 bits per heavy atom. The molecule has 8 heteroatoms. The van der Waals surface area contributed by atoms with Crippen molar-refractivity contribution in [2.45, 2.75) is 17.7 Å². The van der Waals surface area contributed by atoms with Crippen LogP contribution >= 0.6 is 15.9 Å². The summed E-state index contributed by atoms with van der Waals surface area (Å²) in [6, 6.07) is 4.47. The second-order valence-electron chi connectivity index (χ2n) is 4.19. The van der Waals surface area contributed by atoms with Crippen LogP contribution < -0.4 is 5.73 Å². The summed E-state index contributed by atoms with van der Waals surface area (Å²) in [7, 11) is -0.840. The molecule has 0 fully saturated rings. The standard InChI is InChI=1S/C12H17BrN2O4S/c1-15(7-3-4-12(16)19-2)20(17,18)9-5-6-10(13)11(14)8-9/h5-6,8H,3-4,7,14H2,1-2H3. The second-order valence-corrected chi connectivity index (χ2v) is 7.09. The zero-order valence-electron chi connectivity index (χ0n) is 11.3. The molecule has 0 aromatic heterocycles. The number of nitrogens with two attached hydrogens (primary N) is 1. The number of carbonyl (C=O) groups is 1. The number of hydrogen-bond acceptors (Lipinski definition) is 5. The van der Waals surface area contributed by atoms with Crippen LogP contribution in [-0.2, 0) is 19.6 Å². The summed E-state index contributed by atoms with van der Waals surface area (Å²) in [5.41, 5.74) is 6.04. The highest BCUT2D eigenvalue weighted by Gasteiger charge is 2.21. The topological polar surface area (TPSA) is 89.7 Å². The van der Waals surface area contributed by atoms with Crippen molar-refractivity contribution in [2.75, 3.05) is 26.4 Å². The van der Waals surface area contributed by atoms with E-state index in [0.717, 1.165) is 0 Å². The van der Waals surface area contributed by atoms with E-state index in [9.17, 15) is 13.2 Å². The maximum absolute atomic E-state index is 12.3. The quantitative estimate of drug-likeness (QED) is 0.611. The summed E-state index contributed by atoms with van der Waals surface area (Å²) in [5, 5.41) is 0. The predicted molar refractivity (Wildman–Crippen MR) is 79.6 cm³/mol. The van der Waals surface area contributed by atoms with Gasteiger partial charge in [-0.2, -0.15) is 0 Å². The van der Waals surface area contributed by atoms with Crippen molar-refractivity contribution in [3.63, 3.8) is 0 Å². The maximum atomic E-state index is 12.3. The summed E-state index contributed by atoms with van der Waals surface area (Å²) in [6.07, 6.45) is 0.577. The van der Waals surface area contributed by atoms with E-state index in [1.165, 1.54) is 30.6 Å². The molecule has 0 aliphatic carbocycles. The van der Waals surface area contributed by atoms with Crippen molar-refractivity contribution < 1.29 is 17.9 Å². The molecule has 1 aromatic rings. The van der Waals surface area contributed by atoms with E-state index in [-0.39, 0.29) is 23.8 Å². The number of carbonyl (C=O) groups excluding carboxylic acids is 1. The Hall–Kier alpha value is -1.12. The van der Waals surface area contributed by atoms with Gasteiger partial charge in [-0.1, -0.05) is 0 Å². The van der Waals surface area contributed by atoms with Gasteiger partial charge in [0, 0.05) is 30.2 Å². The lowest BCUT2D eigenvalue weighted by Crippen LogP contribution is -2.28. The van der Waals surface area contributed by atoms with Crippen molar-refractivity contribution in [1.82, 2.24) is 4.31 Å². The van der Waals surface area contributed by atoms with E-state index in [2.05, 4.69) is 20.7 Å². The van der Waals surface area contributed by atoms with Crippen LogP contribution in [0.3, 0.4) is 0 Å². The molecule has 6 nitrogen and oxygen atoms in total. The lowest BCUT2D eigenvalue weighted by Gasteiger charge is -2.17. The van der Waals surface area contributed by atoms with Gasteiger partial charge in [0.2, 0.25) is 10.0 Å². The van der Waals surface area contributed by atoms with E-state index >= 15 is 0 Å². The summed E-state index contributed by atoms with van der Waals surface area (Å²) >= 11 is 3.21. The Labute approximate surface area is 127 Å². The smallest absolute Gasteiger partial charge is 0.305 e. The van der Waals surface area contributed by atoms with Crippen LogP contribution in [0.15, 0.2) is 27.6 Å². The number of halogens is 1. The molecule has 1 rings (SSSR count). The zero-order valence-corrected chi connectivity index (χ0v) is 13.7. The monoisotopic (exact) mass is 364 g/mol. The van der Waals surface area contributed by atoms with Gasteiger partial charge >= 0.3 is 5.97 Å². The molecule has 0 atom stereocenters. The molecule has 0 heterocycles. The predicted octanol–water partition coefficient (Wildman–Crippen LogP) is 1.60. The average molecular weight is 365 g/mol. The molecular formula is C12H17BrN2O4S. The maximum Gasteiger partial charge on any atom is 0.305 e. The van der Waals surface area contributed by atoms with Crippen LogP contribution in [-0.4, -0.2) is 39.4 Å². The number of rotatable bonds is 6. The molecule has 0 radical (unpaired) electrons. The van der Waals surface area contributed by atoms with Crippen molar-refractivity contribution in [3.8, 4) is 0 Å². The number of nitrogens with zero attached hydrogens (tertiary/aromatic N) is 1. The van der Waals surface area contributed by atoms with E-state index in [1.54, 1.807) is 6.07 Å². The first kappa shape index (κ1) is 16.9. The highest BCUT2D eigenvalue weighted by molar-refractivity contribution is 9.10. The van der Waals surface area contributed by atoms with Gasteiger partial charge < -0.3 is 10.5 Å². The Balaban J connectivity index is 2.77. The van der Waals surface area contributed by atoms with Crippen molar-refractivity contribution in [3.05, 3.63) is 22.7 Å². The number of nitrogen functional groups attached to an aromatic ring is 1. The third-order valence-corrected chi connectivity index (χ3v) is 5.33. The fraction of sp³-hybridized carbons (Fsp3) is 0.417. The molecule has 0 unspecified atom stereocenters. The molecule has 1 aromatic carbocycles. The van der Waals surface area contributed by atoms with Gasteiger partial charge in [0.05, 0.1) is 12.0 Å². The van der Waals surface area contributed by atoms with E-state index in [1.807, 2.05) is 0 Å². The van der Waals surface area contributed by atoms with Gasteiger partial charge in [0.1, 0.15) is 0 Å². The highest BCUT2D eigenvalue weighted by Crippen LogP contribution is 2.24. The lowest BCUT2D eigenvalue weighted by atomic mass is 10.3. The minimum absolute atomic E-state index is 0.124. The third kappa shape index (κ3) is 4.19. The number of anilines is 1. The molecule has 20 heavy (non-hydrogen) atoms. The molecule has 0 aliphatic rings. The molecule has 112 valence electrons. The molecule has 0 bridgehead atoms. The van der Waals surface area contributed by atoms with Crippen LogP contribution in [0, 0.1) is 0 Å². The van der Waals surface area contributed by atoms with Crippen LogP contribution in [0.4, 0.5) is 5.69 Å². The average Bonchev–Trinajstić information content (AvgIpc) is 2.41. The minimum atomic E-state index is -3.60. The van der Waals surface area contributed by atoms with E-state index in [4.69, 9.17) is 5.73 Å². The first-order valence-corrected chi connectivity index (χ1v) is 8.10. The fourth-order valence-corrected chi connectivity index (χ4v) is 3.02. The number of sulfonamides is 1. The Kier molecular flexibility index (Phi) is 5.97. The number of esters is 1. The summed E-state index contributed by atoms with van der Waals surface area (Å²) < 4.78 is 30.9. The van der Waals surface area contributed by atoms with Crippen LogP contribution in [0.1, 0.15) is 12.8 Å². The molecule has 0 aliphatic heterocycles. The molecule has 2 N–H and O–H groups in total. The van der Waals surface area contributed by atoms with Gasteiger partial charge in [0.25, 0.3) is 0 Å². The number of methoxy groups -OCH3 is 1. The summed E-state index contributed by atoms with van der Waals surface area (Å²) in [6.45, 7) is 0.230. The normalized spacial score (nSPS) is 11.6. The molecule has 0 spiro atoms. The Morgan fingerprint density at radius 3 is 2.65 bits per heavy atom. The van der Waals surface area contributed by atoms with Gasteiger partial charge in [-0.05, 0) is 40.5 Å². The van der Waals surface area contributed by atoms with Gasteiger partial charge in [-0.25, -0.2) is 12.7 Å². The van der Waals surface area contributed by atoms with Crippen LogP contribution in [0.5, 0.6) is 0 Å². The Morgan fingerprint density at radius 1 is 1.45 bits per heavy atom. The zero-order chi connectivity index (χ0) is 15.3. The number of benzene rings is 1. The van der Waals surface area contributed by atoms with Crippen LogP contribution in [0.2, 0.25) is 0 Å². The molecule has 0 saturated heterocycles. The number of hydrogen-bond donors (Lipinski definition) is 1. The van der Waals surface area contributed by atoms with Crippen molar-refractivity contribution >= 4 is 37.6 Å². The first-order chi connectivity index (χ1) is 9.28. The molecular weight excluding hydrogens is 348 g/mol. The van der Waals surface area contributed by atoms with Crippen molar-refractivity contribution in [2.24, 2.45) is 0 Å². The Bertz CT molecular complexity index is 589. The van der Waals surface area contributed by atoms with Gasteiger partial charge in [-0.15, -0.1) is 0 Å². The van der Waals surface area contributed by atoms with Gasteiger partial charge in [0.15, 0.2) is 0 Å². The molecule has 0 amide bonds. The SMILES string of the molecule is COC(=O)CCCN(C)S(=O)(=O)c1ccc(Br)c(N)c1. The summed E-state index contributed by atoms with van der Waals surface area (Å²) in [4.78, 5) is 11.1. The first-order valence-electron chi connectivity index (χ1n) is 5.87. The fourth-order valence-electron chi connectivity index (χ4n) is 1.53. The highest BCUT2D eigenvalue weighted by atomic mass is 79.9. The third-order valence-electron chi connectivity index (χ3n) is 2.76. The van der Waals surface area contributed by atoms with Crippen molar-refractivity contribution in [1.29, 1.82) is 0 Å². The second kappa shape index (κ2) is 7.05. The van der Waals surface area contributed by atoms with E-state index in [0.29, 0.717) is 16.6 Å². The largest absolute Gasteiger partial charge is 0.469 e. The minimum Gasteiger partial charge on any atom is -0.469 e. The van der Waals surface area contributed by atoms with E-state index < -0.39 is 10.0 Å². The summed E-state index contributed by atoms with van der Waals surface area (Å²) in [5.74, 6) is -0.358. The van der Waals surface area contributed by atoms with Gasteiger partial charge in [-0.3, -0.25) is 4.79 Å². The molecule has 0 saturated carbocycles. The number of ether oxygens (including phenoxy) is 1. The lowest BCUT2D eigenvalue weighted by molar-refractivity contribution is -0.140. The van der Waals surface area contributed by atoms with Crippen LogP contribution in [0.25, 0.3) is 0 Å².